The van der Waals surface area contributed by atoms with Crippen molar-refractivity contribution in [2.75, 3.05) is 30.8 Å². The second kappa shape index (κ2) is 10.2. The van der Waals surface area contributed by atoms with Crippen molar-refractivity contribution in [1.82, 2.24) is 25.2 Å². The van der Waals surface area contributed by atoms with Crippen LogP contribution in [0.2, 0.25) is 0 Å². The van der Waals surface area contributed by atoms with Gasteiger partial charge in [-0.15, -0.1) is 6.58 Å². The topological polar surface area (TPSA) is 115 Å². The molecule has 1 amide bonds. The number of anilines is 4. The molecule has 0 bridgehead atoms. The summed E-state index contributed by atoms with van der Waals surface area (Å²) in [5.41, 5.74) is 3.14. The Morgan fingerprint density at radius 1 is 1.20 bits per heavy atom. The standard InChI is InChI=1S/C26H31N7O2/c1-5-12-27-24(34)20-15-28-25(29-19-10-9-17-11-13-33(4)16-18(17)14-19)32-23(20)31-22-8-6-7-21(30-22)26(2,3)35/h5-10,14-15,35H,1,11-13,16H2,2-4H3,(H,27,34)(H2,28,29,30,31,32). The monoisotopic (exact) mass is 473 g/mol. The van der Waals surface area contributed by atoms with Gasteiger partial charge in [-0.1, -0.05) is 18.2 Å². The number of benzene rings is 1. The van der Waals surface area contributed by atoms with Gasteiger partial charge in [0.25, 0.3) is 5.91 Å². The molecule has 0 saturated heterocycles. The summed E-state index contributed by atoms with van der Waals surface area (Å²) in [4.78, 5) is 28.4. The van der Waals surface area contributed by atoms with Crippen LogP contribution < -0.4 is 16.0 Å². The zero-order valence-electron chi connectivity index (χ0n) is 20.3. The molecular weight excluding hydrogens is 442 g/mol. The van der Waals surface area contributed by atoms with Crippen molar-refractivity contribution in [3.05, 3.63) is 77.6 Å². The first-order valence-corrected chi connectivity index (χ1v) is 11.5. The number of hydrogen-bond donors (Lipinski definition) is 4. The molecule has 9 heteroatoms. The van der Waals surface area contributed by atoms with E-state index >= 15 is 0 Å². The molecule has 2 aromatic heterocycles. The van der Waals surface area contributed by atoms with Crippen LogP contribution in [0.5, 0.6) is 0 Å². The van der Waals surface area contributed by atoms with Crippen LogP contribution in [0, 0.1) is 0 Å². The molecule has 0 atom stereocenters. The van der Waals surface area contributed by atoms with Gasteiger partial charge in [-0.05, 0) is 62.7 Å². The van der Waals surface area contributed by atoms with Gasteiger partial charge in [0.2, 0.25) is 5.95 Å². The molecule has 0 aliphatic carbocycles. The molecule has 0 radical (unpaired) electrons. The quantitative estimate of drug-likeness (QED) is 0.368. The molecule has 0 spiro atoms. The summed E-state index contributed by atoms with van der Waals surface area (Å²) in [6, 6.07) is 11.5. The normalized spacial score (nSPS) is 13.6. The zero-order valence-corrected chi connectivity index (χ0v) is 20.3. The highest BCUT2D eigenvalue weighted by Gasteiger charge is 2.20. The number of likely N-dealkylation sites (N-methyl/N-ethyl adjacent to an activating group) is 1. The average molecular weight is 474 g/mol. The summed E-state index contributed by atoms with van der Waals surface area (Å²) >= 11 is 0. The number of fused-ring (bicyclic) bond motifs is 1. The van der Waals surface area contributed by atoms with Crippen LogP contribution in [0.1, 0.15) is 41.0 Å². The maximum absolute atomic E-state index is 12.7. The Balaban J connectivity index is 1.64. The molecule has 1 aromatic carbocycles. The minimum Gasteiger partial charge on any atom is -0.384 e. The molecule has 0 fully saturated rings. The highest BCUT2D eigenvalue weighted by Crippen LogP contribution is 2.26. The highest BCUT2D eigenvalue weighted by atomic mass is 16.3. The fourth-order valence-electron chi connectivity index (χ4n) is 3.83. The van der Waals surface area contributed by atoms with E-state index in [-0.39, 0.29) is 11.5 Å². The Kier molecular flexibility index (Phi) is 7.09. The first-order valence-electron chi connectivity index (χ1n) is 11.5. The van der Waals surface area contributed by atoms with Crippen molar-refractivity contribution < 1.29 is 9.90 Å². The van der Waals surface area contributed by atoms with Gasteiger partial charge in [0.1, 0.15) is 22.8 Å². The van der Waals surface area contributed by atoms with E-state index < -0.39 is 5.60 Å². The van der Waals surface area contributed by atoms with Crippen LogP contribution in [0.3, 0.4) is 0 Å². The third-order valence-corrected chi connectivity index (χ3v) is 5.73. The van der Waals surface area contributed by atoms with Crippen molar-refractivity contribution in [3.8, 4) is 0 Å². The van der Waals surface area contributed by atoms with Crippen molar-refractivity contribution in [2.24, 2.45) is 0 Å². The fraction of sp³-hybridized carbons (Fsp3) is 0.308. The first-order chi connectivity index (χ1) is 16.7. The van der Waals surface area contributed by atoms with E-state index in [0.29, 0.717) is 29.8 Å². The van der Waals surface area contributed by atoms with Gasteiger partial charge in [0, 0.05) is 31.5 Å². The lowest BCUT2D eigenvalue weighted by Crippen LogP contribution is -2.26. The van der Waals surface area contributed by atoms with E-state index in [2.05, 4.69) is 61.6 Å². The van der Waals surface area contributed by atoms with Crippen LogP contribution >= 0.6 is 0 Å². The third-order valence-electron chi connectivity index (χ3n) is 5.73. The Hall–Kier alpha value is -3.82. The molecule has 1 aliphatic rings. The number of nitrogens with one attached hydrogen (secondary N) is 3. The molecule has 4 N–H and O–H groups in total. The lowest BCUT2D eigenvalue weighted by molar-refractivity contribution is 0.0740. The summed E-state index contributed by atoms with van der Waals surface area (Å²) in [5, 5.41) is 19.4. The van der Waals surface area contributed by atoms with Gasteiger partial charge >= 0.3 is 0 Å². The lowest BCUT2D eigenvalue weighted by atomic mass is 9.99. The van der Waals surface area contributed by atoms with E-state index in [4.69, 9.17) is 0 Å². The highest BCUT2D eigenvalue weighted by molar-refractivity contribution is 5.99. The van der Waals surface area contributed by atoms with E-state index in [1.807, 2.05) is 6.07 Å². The molecule has 0 unspecified atom stereocenters. The van der Waals surface area contributed by atoms with Gasteiger partial charge < -0.3 is 26.0 Å². The van der Waals surface area contributed by atoms with Gasteiger partial charge in [-0.25, -0.2) is 9.97 Å². The zero-order chi connectivity index (χ0) is 25.0. The molecule has 3 heterocycles. The van der Waals surface area contributed by atoms with Gasteiger partial charge in [0.15, 0.2) is 0 Å². The number of aliphatic hydroxyl groups is 1. The molecule has 0 saturated carbocycles. The number of nitrogens with zero attached hydrogens (tertiary/aromatic N) is 4. The third kappa shape index (κ3) is 6.00. The number of amides is 1. The lowest BCUT2D eigenvalue weighted by Gasteiger charge is -2.25. The Labute approximate surface area is 205 Å². The molecule has 3 aromatic rings. The Morgan fingerprint density at radius 2 is 2.03 bits per heavy atom. The Bertz CT molecular complexity index is 1240. The van der Waals surface area contributed by atoms with E-state index in [9.17, 15) is 9.90 Å². The van der Waals surface area contributed by atoms with Crippen molar-refractivity contribution in [3.63, 3.8) is 0 Å². The van der Waals surface area contributed by atoms with Crippen molar-refractivity contribution in [2.45, 2.75) is 32.4 Å². The second-order valence-corrected chi connectivity index (χ2v) is 9.14. The predicted molar refractivity (Wildman–Crippen MR) is 137 cm³/mol. The number of carbonyl (C=O) groups is 1. The largest absolute Gasteiger partial charge is 0.384 e. The predicted octanol–water partition coefficient (Wildman–Crippen LogP) is 3.49. The average Bonchev–Trinajstić information content (AvgIpc) is 2.82. The molecule has 182 valence electrons. The summed E-state index contributed by atoms with van der Waals surface area (Å²) in [6.07, 6.45) is 4.10. The van der Waals surface area contributed by atoms with E-state index in [1.165, 1.54) is 17.3 Å². The number of aromatic nitrogens is 3. The van der Waals surface area contributed by atoms with Crippen LogP contribution in [-0.4, -0.2) is 51.0 Å². The van der Waals surface area contributed by atoms with Gasteiger partial charge in [0.05, 0.1) is 5.69 Å². The summed E-state index contributed by atoms with van der Waals surface area (Å²) in [5.74, 6) is 0.746. The first kappa shape index (κ1) is 24.3. The summed E-state index contributed by atoms with van der Waals surface area (Å²) in [7, 11) is 2.11. The summed E-state index contributed by atoms with van der Waals surface area (Å²) < 4.78 is 0. The van der Waals surface area contributed by atoms with E-state index in [1.54, 1.807) is 38.1 Å². The smallest absolute Gasteiger partial charge is 0.256 e. The minimum atomic E-state index is -1.11. The number of hydrogen-bond acceptors (Lipinski definition) is 8. The molecule has 35 heavy (non-hydrogen) atoms. The Morgan fingerprint density at radius 3 is 2.80 bits per heavy atom. The number of pyridine rings is 1. The van der Waals surface area contributed by atoms with Gasteiger partial charge in [-0.3, -0.25) is 4.79 Å². The summed E-state index contributed by atoms with van der Waals surface area (Å²) in [6.45, 7) is 9.22. The number of carbonyl (C=O) groups excluding carboxylic acids is 1. The second-order valence-electron chi connectivity index (χ2n) is 9.14. The molecule has 1 aliphatic heterocycles. The van der Waals surface area contributed by atoms with Crippen LogP contribution in [0.15, 0.2) is 55.3 Å². The van der Waals surface area contributed by atoms with Crippen molar-refractivity contribution >= 4 is 29.2 Å². The SMILES string of the molecule is C=CCNC(=O)c1cnc(Nc2ccc3c(c2)CN(C)CC3)nc1Nc1cccc(C(C)(C)O)n1. The maximum atomic E-state index is 12.7. The molecular formula is C26H31N7O2. The molecule has 4 rings (SSSR count). The van der Waals surface area contributed by atoms with Crippen LogP contribution in [0.25, 0.3) is 0 Å². The van der Waals surface area contributed by atoms with Crippen molar-refractivity contribution in [1.29, 1.82) is 0 Å². The minimum absolute atomic E-state index is 0.264. The molecule has 9 nitrogen and oxygen atoms in total. The number of rotatable bonds is 8. The van der Waals surface area contributed by atoms with E-state index in [0.717, 1.165) is 25.2 Å². The maximum Gasteiger partial charge on any atom is 0.256 e. The van der Waals surface area contributed by atoms with Crippen LogP contribution in [-0.2, 0) is 18.6 Å². The fourth-order valence-corrected chi connectivity index (χ4v) is 3.83. The van der Waals surface area contributed by atoms with Gasteiger partial charge in [-0.2, -0.15) is 4.98 Å². The van der Waals surface area contributed by atoms with Crippen LogP contribution in [0.4, 0.5) is 23.3 Å².